The summed E-state index contributed by atoms with van der Waals surface area (Å²) < 4.78 is 11.4. The molecule has 2 rings (SSSR count). The number of benzene rings is 1. The zero-order valence-electron chi connectivity index (χ0n) is 10.6. The van der Waals surface area contributed by atoms with Gasteiger partial charge in [0.05, 0.1) is 12.2 Å². The Bertz CT molecular complexity index is 387. The van der Waals surface area contributed by atoms with E-state index < -0.39 is 6.10 Å². The maximum absolute atomic E-state index is 9.70. The molecule has 0 spiro atoms. The molecule has 1 aromatic rings. The fourth-order valence-electron chi connectivity index (χ4n) is 2.10. The molecule has 1 saturated heterocycles. The summed E-state index contributed by atoms with van der Waals surface area (Å²) in [5.74, 6) is 0.684. The van der Waals surface area contributed by atoms with E-state index in [1.807, 2.05) is 0 Å². The van der Waals surface area contributed by atoms with E-state index in [2.05, 4.69) is 0 Å². The van der Waals surface area contributed by atoms with E-state index in [1.54, 1.807) is 25.1 Å². The van der Waals surface area contributed by atoms with E-state index in [0.29, 0.717) is 17.4 Å². The molecule has 0 saturated carbocycles. The van der Waals surface area contributed by atoms with Gasteiger partial charge in [-0.3, -0.25) is 0 Å². The molecule has 1 N–H and O–H groups in total. The van der Waals surface area contributed by atoms with Gasteiger partial charge in [0, 0.05) is 17.2 Å². The summed E-state index contributed by atoms with van der Waals surface area (Å²) in [6, 6.07) is 5.31. The molecule has 18 heavy (non-hydrogen) atoms. The third-order valence-corrected chi connectivity index (χ3v) is 3.36. The van der Waals surface area contributed by atoms with Crippen molar-refractivity contribution in [2.45, 2.75) is 38.4 Å². The monoisotopic (exact) mass is 270 g/mol. The molecule has 0 radical (unpaired) electrons. The minimum atomic E-state index is -0.592. The fraction of sp³-hybridized carbons (Fsp3) is 0.571. The molecule has 1 unspecified atom stereocenters. The van der Waals surface area contributed by atoms with Crippen molar-refractivity contribution in [3.8, 4) is 5.75 Å². The molecule has 4 heteroatoms. The highest BCUT2D eigenvalue weighted by Crippen LogP contribution is 2.28. The van der Waals surface area contributed by atoms with E-state index >= 15 is 0 Å². The summed E-state index contributed by atoms with van der Waals surface area (Å²) in [5.41, 5.74) is 0.721. The van der Waals surface area contributed by atoms with Crippen LogP contribution in [0.1, 0.15) is 37.9 Å². The molecule has 0 amide bonds. The quantitative estimate of drug-likeness (QED) is 0.912. The molecule has 1 aromatic carbocycles. The molecule has 3 nitrogen and oxygen atoms in total. The number of rotatable bonds is 4. The molecule has 1 aliphatic heterocycles. The van der Waals surface area contributed by atoms with Crippen LogP contribution in [-0.2, 0) is 4.74 Å². The van der Waals surface area contributed by atoms with Crippen LogP contribution in [0.3, 0.4) is 0 Å². The molecule has 1 fully saturated rings. The third-order valence-electron chi connectivity index (χ3n) is 3.12. The molecule has 0 bridgehead atoms. The van der Waals surface area contributed by atoms with Crippen molar-refractivity contribution < 1.29 is 14.6 Å². The second kappa shape index (κ2) is 6.41. The van der Waals surface area contributed by atoms with Crippen LogP contribution in [0.5, 0.6) is 5.75 Å². The molecule has 100 valence electrons. The Labute approximate surface area is 113 Å². The Hall–Kier alpha value is -0.770. The van der Waals surface area contributed by atoms with E-state index in [9.17, 15) is 5.11 Å². The van der Waals surface area contributed by atoms with Gasteiger partial charge >= 0.3 is 0 Å². The summed E-state index contributed by atoms with van der Waals surface area (Å²) in [5, 5.41) is 10.3. The Morgan fingerprint density at radius 1 is 1.50 bits per heavy atom. The first-order valence-corrected chi connectivity index (χ1v) is 6.76. The van der Waals surface area contributed by atoms with Crippen LogP contribution in [0.2, 0.25) is 5.02 Å². The van der Waals surface area contributed by atoms with Gasteiger partial charge in [0.1, 0.15) is 12.4 Å². The average Bonchev–Trinajstić information content (AvgIpc) is 2.38. The van der Waals surface area contributed by atoms with E-state index in [0.717, 1.165) is 25.0 Å². The van der Waals surface area contributed by atoms with Crippen molar-refractivity contribution in [3.63, 3.8) is 0 Å². The van der Waals surface area contributed by atoms with Crippen molar-refractivity contribution in [1.82, 2.24) is 0 Å². The normalized spacial score (nSPS) is 21.6. The molecule has 1 heterocycles. The molecule has 0 aliphatic carbocycles. The van der Waals surface area contributed by atoms with Crippen molar-refractivity contribution >= 4 is 11.6 Å². The van der Waals surface area contributed by atoms with Crippen molar-refractivity contribution in [3.05, 3.63) is 28.8 Å². The molecule has 1 aliphatic rings. The summed E-state index contributed by atoms with van der Waals surface area (Å²) in [4.78, 5) is 0. The van der Waals surface area contributed by atoms with Crippen LogP contribution in [0, 0.1) is 0 Å². The van der Waals surface area contributed by atoms with Crippen LogP contribution in [0.15, 0.2) is 18.2 Å². The lowest BCUT2D eigenvalue weighted by Crippen LogP contribution is -2.26. The SMILES string of the molecule is C[C@@H](O)c1cc(Cl)ccc1OCC1CCCCO1. The highest BCUT2D eigenvalue weighted by Gasteiger charge is 2.16. The first-order valence-electron chi connectivity index (χ1n) is 6.38. The topological polar surface area (TPSA) is 38.7 Å². The Kier molecular flexibility index (Phi) is 4.87. The number of hydrogen-bond donors (Lipinski definition) is 1. The lowest BCUT2D eigenvalue weighted by molar-refractivity contribution is -0.0116. The second-order valence-electron chi connectivity index (χ2n) is 4.66. The smallest absolute Gasteiger partial charge is 0.125 e. The Morgan fingerprint density at radius 2 is 2.33 bits per heavy atom. The zero-order valence-corrected chi connectivity index (χ0v) is 11.3. The molecule has 2 atom stereocenters. The first-order chi connectivity index (χ1) is 8.66. The molecule has 0 aromatic heterocycles. The lowest BCUT2D eigenvalue weighted by Gasteiger charge is -2.23. The lowest BCUT2D eigenvalue weighted by atomic mass is 10.1. The van der Waals surface area contributed by atoms with Gasteiger partial charge in [-0.1, -0.05) is 11.6 Å². The van der Waals surface area contributed by atoms with Gasteiger partial charge in [0.15, 0.2) is 0 Å². The number of ether oxygens (including phenoxy) is 2. The maximum Gasteiger partial charge on any atom is 0.125 e. The van der Waals surface area contributed by atoms with E-state index in [1.165, 1.54) is 6.42 Å². The third kappa shape index (κ3) is 3.61. The predicted molar refractivity (Wildman–Crippen MR) is 71.2 cm³/mol. The van der Waals surface area contributed by atoms with E-state index in [4.69, 9.17) is 21.1 Å². The summed E-state index contributed by atoms with van der Waals surface area (Å²) in [7, 11) is 0. The van der Waals surface area contributed by atoms with Crippen LogP contribution < -0.4 is 4.74 Å². The van der Waals surface area contributed by atoms with E-state index in [-0.39, 0.29) is 6.10 Å². The fourth-order valence-corrected chi connectivity index (χ4v) is 2.28. The maximum atomic E-state index is 9.70. The minimum absolute atomic E-state index is 0.163. The summed E-state index contributed by atoms with van der Waals surface area (Å²) in [6.07, 6.45) is 2.94. The summed E-state index contributed by atoms with van der Waals surface area (Å²) >= 11 is 5.92. The number of halogens is 1. The van der Waals surface area contributed by atoms with Gasteiger partial charge in [-0.2, -0.15) is 0 Å². The van der Waals surface area contributed by atoms with Crippen molar-refractivity contribution in [2.24, 2.45) is 0 Å². The molecular weight excluding hydrogens is 252 g/mol. The molecular formula is C14H19ClO3. The first kappa shape index (κ1) is 13.7. The standard InChI is InChI=1S/C14H19ClO3/c1-10(16)13-8-11(15)5-6-14(13)18-9-12-4-2-3-7-17-12/h5-6,8,10,12,16H,2-4,7,9H2,1H3/t10-,12?/m1/s1. The number of hydrogen-bond acceptors (Lipinski definition) is 3. The van der Waals surface area contributed by atoms with Gasteiger partial charge in [-0.15, -0.1) is 0 Å². The highest BCUT2D eigenvalue weighted by molar-refractivity contribution is 6.30. The highest BCUT2D eigenvalue weighted by atomic mass is 35.5. The largest absolute Gasteiger partial charge is 0.490 e. The second-order valence-corrected chi connectivity index (χ2v) is 5.09. The van der Waals surface area contributed by atoms with Gasteiger partial charge in [0.25, 0.3) is 0 Å². The van der Waals surface area contributed by atoms with Gasteiger partial charge in [-0.05, 0) is 44.4 Å². The van der Waals surface area contributed by atoms with Crippen LogP contribution >= 0.6 is 11.6 Å². The van der Waals surface area contributed by atoms with Gasteiger partial charge in [0.2, 0.25) is 0 Å². The van der Waals surface area contributed by atoms with Gasteiger partial charge < -0.3 is 14.6 Å². The minimum Gasteiger partial charge on any atom is -0.490 e. The Balaban J connectivity index is 1.99. The summed E-state index contributed by atoms with van der Waals surface area (Å²) in [6.45, 7) is 3.05. The number of aliphatic hydroxyl groups is 1. The van der Waals surface area contributed by atoms with Crippen LogP contribution in [0.25, 0.3) is 0 Å². The van der Waals surface area contributed by atoms with Gasteiger partial charge in [-0.25, -0.2) is 0 Å². The number of aliphatic hydroxyl groups excluding tert-OH is 1. The zero-order chi connectivity index (χ0) is 13.0. The average molecular weight is 271 g/mol. The van der Waals surface area contributed by atoms with Crippen LogP contribution in [-0.4, -0.2) is 24.4 Å². The Morgan fingerprint density at radius 3 is 3.00 bits per heavy atom. The van der Waals surface area contributed by atoms with Crippen molar-refractivity contribution in [1.29, 1.82) is 0 Å². The van der Waals surface area contributed by atoms with Crippen LogP contribution in [0.4, 0.5) is 0 Å². The predicted octanol–water partition coefficient (Wildman–Crippen LogP) is 3.34. The van der Waals surface area contributed by atoms with Crippen molar-refractivity contribution in [2.75, 3.05) is 13.2 Å².